The Hall–Kier alpha value is -1.90. The van der Waals surface area contributed by atoms with Crippen molar-refractivity contribution in [2.24, 2.45) is 0 Å². The molecule has 0 radical (unpaired) electrons. The average Bonchev–Trinajstić information content (AvgIpc) is 2.53. The number of sulfone groups is 1. The molecule has 0 aliphatic carbocycles. The number of hydrogen-bond donors (Lipinski definition) is 1. The molecule has 138 valence electrons. The van der Waals surface area contributed by atoms with Gasteiger partial charge in [-0.3, -0.25) is 4.79 Å². The fraction of sp³-hybridized carbons (Fsp3) is 0.562. The maximum absolute atomic E-state index is 13.8. The van der Waals surface area contributed by atoms with Gasteiger partial charge in [0.05, 0.1) is 29.3 Å². The van der Waals surface area contributed by atoms with Crippen molar-refractivity contribution in [3.05, 3.63) is 23.8 Å². The number of piperidine rings is 1. The summed E-state index contributed by atoms with van der Waals surface area (Å²) in [5, 5.41) is 0. The normalized spacial score (nSPS) is 22.6. The minimum Gasteiger partial charge on any atom is -0.399 e. The van der Waals surface area contributed by atoms with Crippen molar-refractivity contribution in [1.29, 1.82) is 0 Å². The number of nitrogens with zero attached hydrogens (tertiary/aromatic N) is 2. The van der Waals surface area contributed by atoms with E-state index in [0.717, 1.165) is 0 Å². The van der Waals surface area contributed by atoms with Crippen LogP contribution in [-0.4, -0.2) is 62.8 Å². The zero-order valence-corrected chi connectivity index (χ0v) is 14.6. The molecule has 2 aliphatic heterocycles. The van der Waals surface area contributed by atoms with Gasteiger partial charge in [-0.15, -0.1) is 0 Å². The maximum Gasteiger partial charge on any atom is 0.265 e. The topological polar surface area (TPSA) is 83.7 Å². The summed E-state index contributed by atoms with van der Waals surface area (Å²) < 4.78 is 50.6. The number of hydrogen-bond acceptors (Lipinski definition) is 5. The average molecular weight is 373 g/mol. The first-order valence-corrected chi connectivity index (χ1v) is 10.0. The van der Waals surface area contributed by atoms with Crippen molar-refractivity contribution < 1.29 is 22.0 Å². The number of nitrogen functional groups attached to an aromatic ring is 1. The van der Waals surface area contributed by atoms with Gasteiger partial charge in [0.1, 0.15) is 0 Å². The number of carbonyl (C=O) groups is 1. The van der Waals surface area contributed by atoms with Crippen LogP contribution in [0.1, 0.15) is 23.2 Å². The van der Waals surface area contributed by atoms with Gasteiger partial charge in [-0.2, -0.15) is 0 Å². The van der Waals surface area contributed by atoms with Crippen LogP contribution >= 0.6 is 0 Å². The van der Waals surface area contributed by atoms with E-state index in [1.165, 1.54) is 21.9 Å². The summed E-state index contributed by atoms with van der Waals surface area (Å²) in [7, 11) is -3.11. The van der Waals surface area contributed by atoms with Crippen molar-refractivity contribution in [2.45, 2.75) is 18.8 Å². The van der Waals surface area contributed by atoms with Gasteiger partial charge >= 0.3 is 0 Å². The molecule has 9 heteroatoms. The third-order valence-corrected chi connectivity index (χ3v) is 6.23. The SMILES string of the molecule is Nc1ccc(C(=O)N2CCS(=O)(=O)CC2)c(N2CCCC(F)(F)C2)c1. The summed E-state index contributed by atoms with van der Waals surface area (Å²) >= 11 is 0. The molecular weight excluding hydrogens is 352 g/mol. The third kappa shape index (κ3) is 4.02. The molecule has 0 saturated carbocycles. The summed E-state index contributed by atoms with van der Waals surface area (Å²) in [6, 6.07) is 4.62. The van der Waals surface area contributed by atoms with E-state index in [9.17, 15) is 22.0 Å². The summed E-state index contributed by atoms with van der Waals surface area (Å²) in [5.41, 5.74) is 6.86. The number of alkyl halides is 2. The third-order valence-electron chi connectivity index (χ3n) is 4.62. The number of carbonyl (C=O) groups excluding carboxylic acids is 1. The lowest BCUT2D eigenvalue weighted by Crippen LogP contribution is -2.46. The minimum atomic E-state index is -3.11. The maximum atomic E-state index is 13.8. The van der Waals surface area contributed by atoms with Gasteiger partial charge in [0.15, 0.2) is 9.84 Å². The predicted molar refractivity (Wildman–Crippen MR) is 91.8 cm³/mol. The molecule has 2 aliphatic rings. The minimum absolute atomic E-state index is 0.0785. The fourth-order valence-electron chi connectivity index (χ4n) is 3.25. The molecule has 0 unspecified atom stereocenters. The van der Waals surface area contributed by atoms with E-state index < -0.39 is 22.3 Å². The van der Waals surface area contributed by atoms with E-state index in [0.29, 0.717) is 24.3 Å². The first-order chi connectivity index (χ1) is 11.7. The summed E-state index contributed by atoms with van der Waals surface area (Å²) in [4.78, 5) is 15.8. The van der Waals surface area contributed by atoms with Crippen molar-refractivity contribution in [3.8, 4) is 0 Å². The second-order valence-corrected chi connectivity index (χ2v) is 8.91. The smallest absolute Gasteiger partial charge is 0.265 e. The Bertz CT molecular complexity index is 769. The van der Waals surface area contributed by atoms with Crippen LogP contribution in [0, 0.1) is 0 Å². The van der Waals surface area contributed by atoms with Gasteiger partial charge in [-0.25, -0.2) is 17.2 Å². The highest BCUT2D eigenvalue weighted by Gasteiger charge is 2.37. The van der Waals surface area contributed by atoms with Crippen LogP contribution in [0.5, 0.6) is 0 Å². The molecule has 0 aromatic heterocycles. The molecular formula is C16H21F2N3O3S. The van der Waals surface area contributed by atoms with E-state index >= 15 is 0 Å². The standard InChI is InChI=1S/C16H21F2N3O3S/c17-16(18)4-1-5-21(11-16)14-10-12(19)2-3-13(14)15(22)20-6-8-25(23,24)9-7-20/h2-3,10H,1,4-9,11,19H2. The Morgan fingerprint density at radius 3 is 2.48 bits per heavy atom. The molecule has 2 heterocycles. The lowest BCUT2D eigenvalue weighted by Gasteiger charge is -2.36. The molecule has 0 atom stereocenters. The van der Waals surface area contributed by atoms with Crippen molar-refractivity contribution in [2.75, 3.05) is 48.3 Å². The van der Waals surface area contributed by atoms with Crippen molar-refractivity contribution >= 4 is 27.1 Å². The van der Waals surface area contributed by atoms with E-state index in [1.54, 1.807) is 6.07 Å². The fourth-order valence-corrected chi connectivity index (χ4v) is 4.45. The summed E-state index contributed by atoms with van der Waals surface area (Å²) in [5.74, 6) is -3.31. The van der Waals surface area contributed by atoms with Gasteiger partial charge < -0.3 is 15.5 Å². The van der Waals surface area contributed by atoms with Gasteiger partial charge in [-0.05, 0) is 24.6 Å². The Morgan fingerprint density at radius 2 is 1.84 bits per heavy atom. The monoisotopic (exact) mass is 373 g/mol. The predicted octanol–water partition coefficient (Wildman–Crippen LogP) is 1.37. The molecule has 2 N–H and O–H groups in total. The van der Waals surface area contributed by atoms with Crippen LogP contribution in [0.3, 0.4) is 0 Å². The molecule has 2 saturated heterocycles. The Morgan fingerprint density at radius 1 is 1.16 bits per heavy atom. The lowest BCUT2D eigenvalue weighted by molar-refractivity contribution is -0.0117. The highest BCUT2D eigenvalue weighted by atomic mass is 32.2. The van der Waals surface area contributed by atoms with E-state index in [1.807, 2.05) is 0 Å². The highest BCUT2D eigenvalue weighted by Crippen LogP contribution is 2.33. The van der Waals surface area contributed by atoms with Crippen LogP contribution in [0.4, 0.5) is 20.2 Å². The number of benzene rings is 1. The van der Waals surface area contributed by atoms with Gasteiger partial charge in [0.2, 0.25) is 0 Å². The first kappa shape index (κ1) is 17.9. The zero-order valence-electron chi connectivity index (χ0n) is 13.7. The summed E-state index contributed by atoms with van der Waals surface area (Å²) in [6.07, 6.45) is 0.163. The molecule has 6 nitrogen and oxygen atoms in total. The number of halogens is 2. The van der Waals surface area contributed by atoms with Crippen LogP contribution in [0.25, 0.3) is 0 Å². The van der Waals surface area contributed by atoms with Crippen LogP contribution in [0.15, 0.2) is 18.2 Å². The largest absolute Gasteiger partial charge is 0.399 e. The molecule has 0 spiro atoms. The lowest BCUT2D eigenvalue weighted by atomic mass is 10.0. The molecule has 1 amide bonds. The van der Waals surface area contributed by atoms with Crippen LogP contribution < -0.4 is 10.6 Å². The van der Waals surface area contributed by atoms with E-state index in [4.69, 9.17) is 5.73 Å². The van der Waals surface area contributed by atoms with E-state index in [-0.39, 0.29) is 42.5 Å². The molecule has 25 heavy (non-hydrogen) atoms. The second-order valence-electron chi connectivity index (χ2n) is 6.60. The zero-order chi connectivity index (χ0) is 18.2. The molecule has 2 fully saturated rings. The Balaban J connectivity index is 1.88. The first-order valence-electron chi connectivity index (χ1n) is 8.19. The Kier molecular flexibility index (Phi) is 4.61. The number of amides is 1. The van der Waals surface area contributed by atoms with Gasteiger partial charge in [-0.1, -0.05) is 0 Å². The highest BCUT2D eigenvalue weighted by molar-refractivity contribution is 7.91. The molecule has 3 rings (SSSR count). The second kappa shape index (κ2) is 6.44. The van der Waals surface area contributed by atoms with Crippen molar-refractivity contribution in [1.82, 2.24) is 4.90 Å². The van der Waals surface area contributed by atoms with E-state index in [2.05, 4.69) is 0 Å². The van der Waals surface area contributed by atoms with Crippen molar-refractivity contribution in [3.63, 3.8) is 0 Å². The van der Waals surface area contributed by atoms with Crippen LogP contribution in [-0.2, 0) is 9.84 Å². The number of anilines is 2. The Labute approximate surface area is 145 Å². The molecule has 1 aromatic rings. The number of nitrogens with two attached hydrogens (primary N) is 1. The summed E-state index contributed by atoms with van der Waals surface area (Å²) in [6.45, 7) is 0.196. The molecule has 1 aromatic carbocycles. The molecule has 0 bridgehead atoms. The van der Waals surface area contributed by atoms with Crippen LogP contribution in [0.2, 0.25) is 0 Å². The number of rotatable bonds is 2. The van der Waals surface area contributed by atoms with Gasteiger partial charge in [0, 0.05) is 31.7 Å². The van der Waals surface area contributed by atoms with Gasteiger partial charge in [0.25, 0.3) is 11.8 Å². The quantitative estimate of drug-likeness (QED) is 0.792.